The summed E-state index contributed by atoms with van der Waals surface area (Å²) in [5, 5.41) is 0. The van der Waals surface area contributed by atoms with Crippen LogP contribution in [0.4, 0.5) is 0 Å². The fourth-order valence-corrected chi connectivity index (χ4v) is 2.63. The topological polar surface area (TPSA) is 63.6 Å². The quantitative estimate of drug-likeness (QED) is 0.530. The molecule has 2 unspecified atom stereocenters. The van der Waals surface area contributed by atoms with Crippen LogP contribution < -0.4 is 0 Å². The molecule has 0 radical (unpaired) electrons. The fraction of sp³-hybridized carbons (Fsp3) is 0.500. The van der Waals surface area contributed by atoms with E-state index in [4.69, 9.17) is 4.89 Å². The number of hydrogen-bond acceptors (Lipinski definition) is 3. The molecule has 0 aliphatic heterocycles. The third kappa shape index (κ3) is 4.95. The van der Waals surface area contributed by atoms with Crippen molar-refractivity contribution < 1.29 is 18.3 Å². The summed E-state index contributed by atoms with van der Waals surface area (Å²) in [5.74, 6) is 0. The van der Waals surface area contributed by atoms with Gasteiger partial charge < -0.3 is 4.89 Å². The summed E-state index contributed by atoms with van der Waals surface area (Å²) in [5.41, 5.74) is 0. The summed E-state index contributed by atoms with van der Waals surface area (Å²) in [4.78, 5) is 8.77. The Bertz CT molecular complexity index is 188. The average molecular weight is 184 g/mol. The van der Waals surface area contributed by atoms with Crippen molar-refractivity contribution in [3.63, 3.8) is 0 Å². The van der Waals surface area contributed by atoms with Gasteiger partial charge in [-0.15, -0.1) is 6.58 Å². The van der Waals surface area contributed by atoms with Crippen LogP contribution in [0.3, 0.4) is 0 Å². The van der Waals surface area contributed by atoms with E-state index in [9.17, 15) is 9.13 Å². The third-order valence-electron chi connectivity index (χ3n) is 0.631. The molecule has 0 aromatic carbocycles. The standard InChI is InChI=1S/C4H10O4P2/c1-3-4-10(6,7)8-9(2)5/h3,9H,1,4H2,2H3,(H,6,7). The molecule has 0 spiro atoms. The lowest BCUT2D eigenvalue weighted by Crippen LogP contribution is -1.84. The average Bonchev–Trinajstić information content (AvgIpc) is 1.59. The summed E-state index contributed by atoms with van der Waals surface area (Å²) in [7, 11) is -5.96. The Labute approximate surface area is 60.3 Å². The highest BCUT2D eigenvalue weighted by atomic mass is 31.2. The Morgan fingerprint density at radius 1 is 1.90 bits per heavy atom. The molecule has 0 amide bonds. The molecular formula is C4H10O4P2. The molecule has 0 saturated heterocycles. The largest absolute Gasteiger partial charge is 0.337 e. The van der Waals surface area contributed by atoms with Crippen LogP contribution in [0, 0.1) is 0 Å². The predicted molar refractivity (Wildman–Crippen MR) is 40.9 cm³/mol. The molecule has 0 fully saturated rings. The molecule has 6 heteroatoms. The lowest BCUT2D eigenvalue weighted by atomic mass is 10.8. The first kappa shape index (κ1) is 10.1. The third-order valence-corrected chi connectivity index (χ3v) is 3.52. The first-order valence-electron chi connectivity index (χ1n) is 2.61. The molecule has 0 heterocycles. The summed E-state index contributed by atoms with van der Waals surface area (Å²) < 4.78 is 25.3. The molecule has 0 bridgehead atoms. The van der Waals surface area contributed by atoms with Crippen LogP contribution in [0.15, 0.2) is 12.7 Å². The maximum atomic E-state index is 10.7. The van der Waals surface area contributed by atoms with Gasteiger partial charge in [0.05, 0.1) is 6.16 Å². The number of hydrogen-bond donors (Lipinski definition) is 1. The SMILES string of the molecule is C=CCP(=O)(O)O[PH](C)=O. The second-order valence-corrected chi connectivity index (χ2v) is 5.05. The summed E-state index contributed by atoms with van der Waals surface area (Å²) >= 11 is 0. The lowest BCUT2D eigenvalue weighted by Gasteiger charge is -2.05. The van der Waals surface area contributed by atoms with Gasteiger partial charge in [0.15, 0.2) is 8.03 Å². The van der Waals surface area contributed by atoms with Gasteiger partial charge in [0.25, 0.3) is 0 Å². The van der Waals surface area contributed by atoms with Crippen LogP contribution in [-0.4, -0.2) is 17.7 Å². The zero-order valence-electron chi connectivity index (χ0n) is 5.61. The van der Waals surface area contributed by atoms with E-state index in [1.54, 1.807) is 0 Å². The minimum Gasteiger partial charge on any atom is -0.324 e. The highest BCUT2D eigenvalue weighted by Crippen LogP contribution is 2.49. The first-order chi connectivity index (χ1) is 4.48. The van der Waals surface area contributed by atoms with Gasteiger partial charge in [-0.1, -0.05) is 6.08 Å². The first-order valence-corrected chi connectivity index (χ1v) is 6.19. The van der Waals surface area contributed by atoms with Crippen molar-refractivity contribution in [3.05, 3.63) is 12.7 Å². The Kier molecular flexibility index (Phi) is 4.14. The van der Waals surface area contributed by atoms with Gasteiger partial charge in [-0.2, -0.15) is 0 Å². The van der Waals surface area contributed by atoms with Crippen molar-refractivity contribution in [1.29, 1.82) is 0 Å². The number of rotatable bonds is 4. The lowest BCUT2D eigenvalue weighted by molar-refractivity contribution is 0.388. The van der Waals surface area contributed by atoms with Gasteiger partial charge in [-0.25, -0.2) is 0 Å². The van der Waals surface area contributed by atoms with Gasteiger partial charge in [0, 0.05) is 6.66 Å². The van der Waals surface area contributed by atoms with Crippen molar-refractivity contribution in [3.8, 4) is 0 Å². The molecule has 0 aliphatic rings. The van der Waals surface area contributed by atoms with Crippen molar-refractivity contribution in [2.45, 2.75) is 0 Å². The van der Waals surface area contributed by atoms with Crippen LogP contribution in [0.1, 0.15) is 0 Å². The van der Waals surface area contributed by atoms with E-state index in [-0.39, 0.29) is 6.16 Å². The molecule has 0 aromatic rings. The van der Waals surface area contributed by atoms with E-state index in [1.807, 2.05) is 0 Å². The second-order valence-electron chi connectivity index (χ2n) is 1.69. The van der Waals surface area contributed by atoms with E-state index in [0.29, 0.717) is 0 Å². The van der Waals surface area contributed by atoms with Crippen molar-refractivity contribution >= 4 is 15.6 Å². The summed E-state index contributed by atoms with van der Waals surface area (Å²) in [6.45, 7) is 4.51. The van der Waals surface area contributed by atoms with Gasteiger partial charge in [0.1, 0.15) is 0 Å². The molecule has 0 rings (SSSR count). The Morgan fingerprint density at radius 3 is 2.70 bits per heavy atom. The summed E-state index contributed by atoms with van der Waals surface area (Å²) in [6.07, 6.45) is 1.10. The van der Waals surface area contributed by atoms with Crippen molar-refractivity contribution in [1.82, 2.24) is 0 Å². The van der Waals surface area contributed by atoms with Crippen LogP contribution in [0.5, 0.6) is 0 Å². The predicted octanol–water partition coefficient (Wildman–Crippen LogP) is 1.48. The molecule has 60 valence electrons. The van der Waals surface area contributed by atoms with Gasteiger partial charge in [-0.3, -0.25) is 13.4 Å². The van der Waals surface area contributed by atoms with E-state index < -0.39 is 15.6 Å². The smallest absolute Gasteiger partial charge is 0.324 e. The minimum atomic E-state index is -3.63. The van der Waals surface area contributed by atoms with E-state index >= 15 is 0 Å². The van der Waals surface area contributed by atoms with E-state index in [2.05, 4.69) is 10.9 Å². The zero-order valence-corrected chi connectivity index (χ0v) is 7.51. The summed E-state index contributed by atoms with van der Waals surface area (Å²) in [6, 6.07) is 0. The van der Waals surface area contributed by atoms with Crippen LogP contribution >= 0.6 is 15.6 Å². The van der Waals surface area contributed by atoms with Crippen LogP contribution in [0.25, 0.3) is 0 Å². The fourth-order valence-electron chi connectivity index (χ4n) is 0.401. The molecule has 4 nitrogen and oxygen atoms in total. The molecule has 10 heavy (non-hydrogen) atoms. The molecule has 0 aliphatic carbocycles. The van der Waals surface area contributed by atoms with Gasteiger partial charge in [-0.05, 0) is 0 Å². The van der Waals surface area contributed by atoms with Crippen molar-refractivity contribution in [2.75, 3.05) is 12.8 Å². The maximum Gasteiger partial charge on any atom is 0.337 e. The highest BCUT2D eigenvalue weighted by Gasteiger charge is 2.17. The Balaban J connectivity index is 3.99. The highest BCUT2D eigenvalue weighted by molar-refractivity contribution is 7.61. The molecule has 1 N–H and O–H groups in total. The molecule has 2 atom stereocenters. The van der Waals surface area contributed by atoms with Crippen LogP contribution in [-0.2, 0) is 13.4 Å². The Morgan fingerprint density at radius 2 is 2.40 bits per heavy atom. The van der Waals surface area contributed by atoms with Gasteiger partial charge in [0.2, 0.25) is 0 Å². The van der Waals surface area contributed by atoms with Gasteiger partial charge >= 0.3 is 7.60 Å². The molecule has 0 aromatic heterocycles. The van der Waals surface area contributed by atoms with E-state index in [1.165, 1.54) is 12.7 Å². The zero-order chi connectivity index (χ0) is 8.20. The second kappa shape index (κ2) is 4.09. The molecular weight excluding hydrogens is 174 g/mol. The normalized spacial score (nSPS) is 19.4. The maximum absolute atomic E-state index is 10.7. The number of allylic oxidation sites excluding steroid dienone is 1. The van der Waals surface area contributed by atoms with Crippen LogP contribution in [0.2, 0.25) is 0 Å². The molecule has 0 saturated carbocycles. The van der Waals surface area contributed by atoms with Crippen molar-refractivity contribution in [2.24, 2.45) is 0 Å². The van der Waals surface area contributed by atoms with E-state index in [0.717, 1.165) is 0 Å². The monoisotopic (exact) mass is 184 g/mol. The minimum absolute atomic E-state index is 0.156. The Hall–Kier alpha value is 0.120.